The summed E-state index contributed by atoms with van der Waals surface area (Å²) in [6.07, 6.45) is 4.64. The van der Waals surface area contributed by atoms with Gasteiger partial charge in [-0.05, 0) is 25.1 Å². The highest BCUT2D eigenvalue weighted by atomic mass is 32.2. The molecule has 0 bridgehead atoms. The topological polar surface area (TPSA) is 42.6 Å². The zero-order chi connectivity index (χ0) is 11.4. The van der Waals surface area contributed by atoms with E-state index in [-0.39, 0.29) is 0 Å². The van der Waals surface area contributed by atoms with Crippen molar-refractivity contribution < 1.29 is 8.63 Å². The van der Waals surface area contributed by atoms with Gasteiger partial charge in [-0.3, -0.25) is 0 Å². The van der Waals surface area contributed by atoms with E-state index in [2.05, 4.69) is 4.40 Å². The Kier molecular flexibility index (Phi) is 3.31. The lowest BCUT2D eigenvalue weighted by molar-refractivity contribution is 0.567. The predicted molar refractivity (Wildman–Crippen MR) is 63.9 cm³/mol. The maximum Gasteiger partial charge on any atom is 0.172 e. The maximum absolute atomic E-state index is 11.7. The summed E-state index contributed by atoms with van der Waals surface area (Å²) in [7, 11) is -1.35. The molecule has 0 radical (unpaired) electrons. The SMILES string of the molecule is Cc1ccc([S@@](=O)/N=C/c2ccoc2)cc1. The van der Waals surface area contributed by atoms with Crippen molar-refractivity contribution in [1.29, 1.82) is 0 Å². The maximum atomic E-state index is 11.7. The standard InChI is InChI=1S/C12H11NO2S/c1-10-2-4-12(5-3-10)16(14)13-8-11-6-7-15-9-11/h2-9H,1H3/b13-8+/t16-/m1/s1. The largest absolute Gasteiger partial charge is 0.472 e. The van der Waals surface area contributed by atoms with Crippen LogP contribution in [0.15, 0.2) is 56.6 Å². The van der Waals surface area contributed by atoms with E-state index >= 15 is 0 Å². The van der Waals surface area contributed by atoms with Crippen LogP contribution >= 0.6 is 0 Å². The molecular formula is C12H11NO2S. The van der Waals surface area contributed by atoms with Crippen molar-refractivity contribution in [2.45, 2.75) is 11.8 Å². The molecule has 0 saturated carbocycles. The Labute approximate surface area is 96.4 Å². The van der Waals surface area contributed by atoms with Gasteiger partial charge < -0.3 is 4.42 Å². The Morgan fingerprint density at radius 3 is 2.62 bits per heavy atom. The third-order valence-corrected chi connectivity index (χ3v) is 3.04. The molecule has 0 fully saturated rings. The molecule has 0 N–H and O–H groups in total. The fourth-order valence-corrected chi connectivity index (χ4v) is 1.88. The van der Waals surface area contributed by atoms with Gasteiger partial charge in [0.1, 0.15) is 0 Å². The molecule has 3 nitrogen and oxygen atoms in total. The van der Waals surface area contributed by atoms with E-state index in [1.54, 1.807) is 24.8 Å². The molecule has 0 amide bonds. The van der Waals surface area contributed by atoms with E-state index in [0.717, 1.165) is 11.1 Å². The molecular weight excluding hydrogens is 222 g/mol. The van der Waals surface area contributed by atoms with Gasteiger partial charge in [0.05, 0.1) is 17.4 Å². The van der Waals surface area contributed by atoms with Gasteiger partial charge in [0.2, 0.25) is 0 Å². The summed E-state index contributed by atoms with van der Waals surface area (Å²) < 4.78 is 20.6. The van der Waals surface area contributed by atoms with Crippen molar-refractivity contribution in [3.63, 3.8) is 0 Å². The Morgan fingerprint density at radius 2 is 2.00 bits per heavy atom. The number of hydrogen-bond donors (Lipinski definition) is 0. The van der Waals surface area contributed by atoms with Crippen LogP contribution in [0, 0.1) is 6.92 Å². The van der Waals surface area contributed by atoms with E-state index in [9.17, 15) is 4.21 Å². The molecule has 4 heteroatoms. The average molecular weight is 233 g/mol. The van der Waals surface area contributed by atoms with Crippen molar-refractivity contribution in [2.75, 3.05) is 0 Å². The van der Waals surface area contributed by atoms with E-state index in [0.29, 0.717) is 4.90 Å². The molecule has 0 aliphatic heterocycles. The molecule has 1 heterocycles. The first-order valence-electron chi connectivity index (χ1n) is 4.80. The summed E-state index contributed by atoms with van der Waals surface area (Å²) in [6.45, 7) is 1.99. The molecule has 16 heavy (non-hydrogen) atoms. The fraction of sp³-hybridized carbons (Fsp3) is 0.0833. The third-order valence-electron chi connectivity index (χ3n) is 2.06. The predicted octanol–water partition coefficient (Wildman–Crippen LogP) is 2.73. The van der Waals surface area contributed by atoms with Crippen molar-refractivity contribution in [3.8, 4) is 0 Å². The van der Waals surface area contributed by atoms with Crippen LogP contribution < -0.4 is 0 Å². The zero-order valence-electron chi connectivity index (χ0n) is 8.79. The number of benzene rings is 1. The second-order valence-corrected chi connectivity index (χ2v) is 4.53. The summed E-state index contributed by atoms with van der Waals surface area (Å²) >= 11 is 0. The van der Waals surface area contributed by atoms with Crippen LogP contribution in [-0.4, -0.2) is 10.4 Å². The molecule has 82 valence electrons. The van der Waals surface area contributed by atoms with Gasteiger partial charge in [-0.25, -0.2) is 4.21 Å². The molecule has 1 aromatic heterocycles. The van der Waals surface area contributed by atoms with E-state index in [1.165, 1.54) is 0 Å². The molecule has 0 aliphatic rings. The second kappa shape index (κ2) is 4.90. The quantitative estimate of drug-likeness (QED) is 0.765. The monoisotopic (exact) mass is 233 g/mol. The van der Waals surface area contributed by atoms with Crippen LogP contribution in [-0.2, 0) is 11.0 Å². The molecule has 2 rings (SSSR count). The highest BCUT2D eigenvalue weighted by Crippen LogP contribution is 2.09. The number of rotatable bonds is 3. The lowest BCUT2D eigenvalue weighted by Gasteiger charge is -1.96. The van der Waals surface area contributed by atoms with Crippen LogP contribution in [0.25, 0.3) is 0 Å². The van der Waals surface area contributed by atoms with Gasteiger partial charge in [-0.15, -0.1) is 0 Å². The number of nitrogens with zero attached hydrogens (tertiary/aromatic N) is 1. The molecule has 0 saturated heterocycles. The summed E-state index contributed by atoms with van der Waals surface area (Å²) in [5, 5.41) is 0. The second-order valence-electron chi connectivity index (χ2n) is 3.35. The highest BCUT2D eigenvalue weighted by molar-refractivity contribution is 7.83. The van der Waals surface area contributed by atoms with E-state index in [4.69, 9.17) is 4.42 Å². The van der Waals surface area contributed by atoms with Crippen molar-refractivity contribution >= 4 is 17.2 Å². The normalized spacial score (nSPS) is 13.1. The first-order chi connectivity index (χ1) is 7.75. The van der Waals surface area contributed by atoms with Gasteiger partial charge >= 0.3 is 0 Å². The van der Waals surface area contributed by atoms with Gasteiger partial charge in [0.25, 0.3) is 0 Å². The summed E-state index contributed by atoms with van der Waals surface area (Å²) in [5.41, 5.74) is 1.94. The molecule has 1 aromatic carbocycles. The average Bonchev–Trinajstić information content (AvgIpc) is 2.80. The van der Waals surface area contributed by atoms with Crippen molar-refractivity contribution in [2.24, 2.45) is 4.40 Å². The summed E-state index contributed by atoms with van der Waals surface area (Å²) in [5.74, 6) is 0. The number of aryl methyl sites for hydroxylation is 1. The van der Waals surface area contributed by atoms with Crippen LogP contribution in [0.2, 0.25) is 0 Å². The Balaban J connectivity index is 2.11. The molecule has 0 aliphatic carbocycles. The van der Waals surface area contributed by atoms with Gasteiger partial charge in [-0.2, -0.15) is 4.40 Å². The van der Waals surface area contributed by atoms with Crippen LogP contribution in [0.4, 0.5) is 0 Å². The summed E-state index contributed by atoms with van der Waals surface area (Å²) in [4.78, 5) is 0.699. The minimum absolute atomic E-state index is 0.699. The minimum Gasteiger partial charge on any atom is -0.472 e. The Bertz CT molecular complexity index is 500. The minimum atomic E-state index is -1.35. The number of hydrogen-bond acceptors (Lipinski definition) is 2. The van der Waals surface area contributed by atoms with E-state index in [1.807, 2.05) is 31.2 Å². The Morgan fingerprint density at radius 1 is 1.25 bits per heavy atom. The smallest absolute Gasteiger partial charge is 0.172 e. The van der Waals surface area contributed by atoms with Gasteiger partial charge in [0.15, 0.2) is 11.0 Å². The highest BCUT2D eigenvalue weighted by Gasteiger charge is 2.00. The first kappa shape index (κ1) is 10.8. The van der Waals surface area contributed by atoms with Crippen LogP contribution in [0.1, 0.15) is 11.1 Å². The van der Waals surface area contributed by atoms with Crippen molar-refractivity contribution in [3.05, 3.63) is 54.0 Å². The summed E-state index contributed by atoms with van der Waals surface area (Å²) in [6, 6.07) is 9.23. The van der Waals surface area contributed by atoms with Gasteiger partial charge in [0, 0.05) is 11.8 Å². The van der Waals surface area contributed by atoms with Crippen molar-refractivity contribution in [1.82, 2.24) is 0 Å². The molecule has 1 atom stereocenters. The lowest BCUT2D eigenvalue weighted by Crippen LogP contribution is -1.88. The molecule has 2 aromatic rings. The number of furan rings is 1. The Hall–Kier alpha value is -1.68. The van der Waals surface area contributed by atoms with Crippen LogP contribution in [0.3, 0.4) is 0 Å². The van der Waals surface area contributed by atoms with Gasteiger partial charge in [-0.1, -0.05) is 17.7 Å². The van der Waals surface area contributed by atoms with Crippen LogP contribution in [0.5, 0.6) is 0 Å². The molecule has 0 spiro atoms. The lowest BCUT2D eigenvalue weighted by atomic mass is 10.2. The third kappa shape index (κ3) is 2.67. The van der Waals surface area contributed by atoms with E-state index < -0.39 is 11.0 Å². The fourth-order valence-electron chi connectivity index (χ4n) is 1.17. The zero-order valence-corrected chi connectivity index (χ0v) is 9.61. The first-order valence-corrected chi connectivity index (χ1v) is 5.91. The molecule has 0 unspecified atom stereocenters.